The first-order chi connectivity index (χ1) is 11.5. The lowest BCUT2D eigenvalue weighted by atomic mass is 10.1. The SMILES string of the molecule is CCNC(=O)Cn1nc(-c2ccc(OCC(F)F)cc2)ccc1=O. The number of amides is 1. The molecule has 0 radical (unpaired) electrons. The van der Waals surface area contributed by atoms with Crippen molar-refractivity contribution in [3.63, 3.8) is 0 Å². The zero-order chi connectivity index (χ0) is 17.5. The molecule has 0 saturated heterocycles. The van der Waals surface area contributed by atoms with Crippen LogP contribution in [0.25, 0.3) is 11.3 Å². The Morgan fingerprint density at radius 2 is 1.96 bits per heavy atom. The summed E-state index contributed by atoms with van der Waals surface area (Å²) in [6.45, 7) is 1.40. The van der Waals surface area contributed by atoms with Crippen molar-refractivity contribution in [2.75, 3.05) is 13.2 Å². The van der Waals surface area contributed by atoms with E-state index >= 15 is 0 Å². The van der Waals surface area contributed by atoms with Crippen LogP contribution in [-0.2, 0) is 11.3 Å². The predicted octanol–water partition coefficient (Wildman–Crippen LogP) is 1.69. The van der Waals surface area contributed by atoms with Gasteiger partial charge in [-0.1, -0.05) is 0 Å². The average Bonchev–Trinajstić information content (AvgIpc) is 2.56. The van der Waals surface area contributed by atoms with Gasteiger partial charge >= 0.3 is 0 Å². The van der Waals surface area contributed by atoms with Crippen LogP contribution >= 0.6 is 0 Å². The molecule has 0 spiro atoms. The van der Waals surface area contributed by atoms with E-state index in [9.17, 15) is 18.4 Å². The molecule has 1 amide bonds. The number of hydrogen-bond acceptors (Lipinski definition) is 4. The number of alkyl halides is 2. The molecular weight excluding hydrogens is 320 g/mol. The molecule has 128 valence electrons. The Kier molecular flexibility index (Phi) is 6.00. The summed E-state index contributed by atoms with van der Waals surface area (Å²) in [5.41, 5.74) is 0.769. The van der Waals surface area contributed by atoms with Crippen molar-refractivity contribution in [2.24, 2.45) is 0 Å². The molecule has 2 rings (SSSR count). The second-order valence-corrected chi connectivity index (χ2v) is 4.89. The highest BCUT2D eigenvalue weighted by molar-refractivity contribution is 5.75. The number of aromatic nitrogens is 2. The zero-order valence-electron chi connectivity index (χ0n) is 13.0. The third-order valence-electron chi connectivity index (χ3n) is 3.06. The van der Waals surface area contributed by atoms with Crippen molar-refractivity contribution in [3.05, 3.63) is 46.8 Å². The zero-order valence-corrected chi connectivity index (χ0v) is 13.0. The van der Waals surface area contributed by atoms with Crippen LogP contribution in [0.15, 0.2) is 41.2 Å². The second-order valence-electron chi connectivity index (χ2n) is 4.89. The van der Waals surface area contributed by atoms with E-state index in [1.54, 1.807) is 31.2 Å². The molecule has 0 saturated carbocycles. The molecular formula is C16H17F2N3O3. The second kappa shape index (κ2) is 8.19. The maximum atomic E-state index is 12.1. The molecule has 0 aliphatic rings. The fourth-order valence-corrected chi connectivity index (χ4v) is 1.99. The Morgan fingerprint density at radius 3 is 2.58 bits per heavy atom. The van der Waals surface area contributed by atoms with E-state index in [2.05, 4.69) is 10.4 Å². The van der Waals surface area contributed by atoms with Crippen molar-refractivity contribution in [1.82, 2.24) is 15.1 Å². The van der Waals surface area contributed by atoms with Crippen LogP contribution in [0.1, 0.15) is 6.92 Å². The number of nitrogens with one attached hydrogen (secondary N) is 1. The highest BCUT2D eigenvalue weighted by atomic mass is 19.3. The third kappa shape index (κ3) is 4.87. The van der Waals surface area contributed by atoms with Crippen molar-refractivity contribution < 1.29 is 18.3 Å². The summed E-state index contributed by atoms with van der Waals surface area (Å²) >= 11 is 0. The number of benzene rings is 1. The van der Waals surface area contributed by atoms with E-state index in [-0.39, 0.29) is 18.0 Å². The quantitative estimate of drug-likeness (QED) is 0.834. The largest absolute Gasteiger partial charge is 0.488 e. The number of rotatable bonds is 7. The van der Waals surface area contributed by atoms with Gasteiger partial charge < -0.3 is 10.1 Å². The number of likely N-dealkylation sites (N-methyl/N-ethyl adjacent to an activating group) is 1. The van der Waals surface area contributed by atoms with Gasteiger partial charge in [-0.3, -0.25) is 9.59 Å². The standard InChI is InChI=1S/C16H17F2N3O3/c1-2-19-15(22)9-21-16(23)8-7-13(20-21)11-3-5-12(6-4-11)24-10-14(17)18/h3-8,14H,2,9-10H2,1H3,(H,19,22). The van der Waals surface area contributed by atoms with Gasteiger partial charge in [-0.2, -0.15) is 5.10 Å². The summed E-state index contributed by atoms with van der Waals surface area (Å²) in [4.78, 5) is 23.4. The Morgan fingerprint density at radius 1 is 1.25 bits per heavy atom. The minimum Gasteiger partial charge on any atom is -0.488 e. The number of ether oxygens (including phenoxy) is 1. The topological polar surface area (TPSA) is 73.2 Å². The van der Waals surface area contributed by atoms with Gasteiger partial charge in [0.05, 0.1) is 5.69 Å². The third-order valence-corrected chi connectivity index (χ3v) is 3.06. The molecule has 1 heterocycles. The number of carbonyl (C=O) groups is 1. The molecule has 0 fully saturated rings. The lowest BCUT2D eigenvalue weighted by molar-refractivity contribution is -0.121. The molecule has 1 N–H and O–H groups in total. The Hall–Kier alpha value is -2.77. The van der Waals surface area contributed by atoms with E-state index in [0.717, 1.165) is 4.68 Å². The Labute approximate surface area is 137 Å². The van der Waals surface area contributed by atoms with Gasteiger partial charge in [0.15, 0.2) is 0 Å². The predicted molar refractivity (Wildman–Crippen MR) is 84.1 cm³/mol. The molecule has 0 atom stereocenters. The molecule has 8 heteroatoms. The van der Waals surface area contributed by atoms with E-state index in [1.807, 2.05) is 0 Å². The first-order valence-corrected chi connectivity index (χ1v) is 7.36. The van der Waals surface area contributed by atoms with Crippen LogP contribution in [-0.4, -0.2) is 35.3 Å². The minimum absolute atomic E-state index is 0.171. The molecule has 0 aliphatic carbocycles. The first-order valence-electron chi connectivity index (χ1n) is 7.36. The summed E-state index contributed by atoms with van der Waals surface area (Å²) in [6, 6.07) is 9.22. The Bertz CT molecular complexity index is 745. The number of halogens is 2. The van der Waals surface area contributed by atoms with Gasteiger partial charge in [0, 0.05) is 18.2 Å². The van der Waals surface area contributed by atoms with Crippen LogP contribution in [0.3, 0.4) is 0 Å². The number of nitrogens with zero attached hydrogens (tertiary/aromatic N) is 2. The smallest absolute Gasteiger partial charge is 0.272 e. The molecule has 0 bridgehead atoms. The first kappa shape index (κ1) is 17.6. The Balaban J connectivity index is 2.16. The van der Waals surface area contributed by atoms with E-state index < -0.39 is 13.0 Å². The highest BCUT2D eigenvalue weighted by Crippen LogP contribution is 2.20. The molecule has 0 unspecified atom stereocenters. The highest BCUT2D eigenvalue weighted by Gasteiger charge is 2.08. The van der Waals surface area contributed by atoms with E-state index in [0.29, 0.717) is 23.6 Å². The van der Waals surface area contributed by atoms with Gasteiger partial charge in [0.2, 0.25) is 5.91 Å². The monoisotopic (exact) mass is 337 g/mol. The molecule has 2 aromatic rings. The van der Waals surface area contributed by atoms with Crippen LogP contribution in [0.2, 0.25) is 0 Å². The number of hydrogen-bond donors (Lipinski definition) is 1. The molecule has 0 aliphatic heterocycles. The summed E-state index contributed by atoms with van der Waals surface area (Å²) in [6.07, 6.45) is -2.54. The summed E-state index contributed by atoms with van der Waals surface area (Å²) in [7, 11) is 0. The summed E-state index contributed by atoms with van der Waals surface area (Å²) in [5, 5.41) is 6.75. The molecule has 1 aromatic heterocycles. The van der Waals surface area contributed by atoms with Crippen molar-refractivity contribution in [2.45, 2.75) is 19.9 Å². The maximum absolute atomic E-state index is 12.1. The van der Waals surface area contributed by atoms with Crippen LogP contribution in [0.5, 0.6) is 5.75 Å². The summed E-state index contributed by atoms with van der Waals surface area (Å²) in [5.74, 6) is 0.00897. The fraction of sp³-hybridized carbons (Fsp3) is 0.312. The maximum Gasteiger partial charge on any atom is 0.272 e. The average molecular weight is 337 g/mol. The van der Waals surface area contributed by atoms with Crippen molar-refractivity contribution in [1.29, 1.82) is 0 Å². The van der Waals surface area contributed by atoms with Gasteiger partial charge in [-0.15, -0.1) is 0 Å². The molecule has 6 nitrogen and oxygen atoms in total. The summed E-state index contributed by atoms with van der Waals surface area (Å²) < 4.78 is 30.2. The molecule has 1 aromatic carbocycles. The number of carbonyl (C=O) groups excluding carboxylic acids is 1. The van der Waals surface area contributed by atoms with Crippen LogP contribution in [0.4, 0.5) is 8.78 Å². The lowest BCUT2D eigenvalue weighted by Crippen LogP contribution is -2.33. The van der Waals surface area contributed by atoms with Gasteiger partial charge in [-0.25, -0.2) is 13.5 Å². The van der Waals surface area contributed by atoms with E-state index in [1.165, 1.54) is 12.1 Å². The van der Waals surface area contributed by atoms with Crippen molar-refractivity contribution in [3.8, 4) is 17.0 Å². The van der Waals surface area contributed by atoms with E-state index in [4.69, 9.17) is 4.74 Å². The fourth-order valence-electron chi connectivity index (χ4n) is 1.99. The minimum atomic E-state index is -2.54. The van der Waals surface area contributed by atoms with Crippen molar-refractivity contribution >= 4 is 5.91 Å². The van der Waals surface area contributed by atoms with Crippen LogP contribution < -0.4 is 15.6 Å². The normalized spacial score (nSPS) is 10.7. The van der Waals surface area contributed by atoms with Gasteiger partial charge in [0.1, 0.15) is 18.9 Å². The molecule has 24 heavy (non-hydrogen) atoms. The van der Waals surface area contributed by atoms with Gasteiger partial charge in [0.25, 0.3) is 12.0 Å². The lowest BCUT2D eigenvalue weighted by Gasteiger charge is -2.08. The van der Waals surface area contributed by atoms with Crippen LogP contribution in [0, 0.1) is 0 Å². The van der Waals surface area contributed by atoms with Gasteiger partial charge in [-0.05, 0) is 37.3 Å².